The van der Waals surface area contributed by atoms with Crippen LogP contribution < -0.4 is 14.2 Å². The molecule has 1 aromatic heterocycles. The number of hydrogen-bond acceptors (Lipinski definition) is 6. The van der Waals surface area contributed by atoms with Crippen molar-refractivity contribution in [2.45, 2.75) is 39.3 Å². The lowest BCUT2D eigenvalue weighted by Gasteiger charge is -2.27. The third kappa shape index (κ3) is 4.28. The molecule has 168 valence electrons. The van der Waals surface area contributed by atoms with Gasteiger partial charge in [0.25, 0.3) is 5.91 Å². The normalized spacial score (nSPS) is 15.6. The van der Waals surface area contributed by atoms with E-state index in [-0.39, 0.29) is 11.9 Å². The predicted octanol–water partition coefficient (Wildman–Crippen LogP) is 4.86. The molecular weight excluding hydrogens is 408 g/mol. The molecule has 0 unspecified atom stereocenters. The summed E-state index contributed by atoms with van der Waals surface area (Å²) in [5, 5.41) is 3.95. The fraction of sp³-hybridized carbons (Fsp3) is 0.360. The molecule has 2 aromatic carbocycles. The van der Waals surface area contributed by atoms with Gasteiger partial charge in [0.15, 0.2) is 0 Å². The van der Waals surface area contributed by atoms with Crippen LogP contribution >= 0.6 is 0 Å². The second-order valence-corrected chi connectivity index (χ2v) is 7.88. The molecule has 1 saturated heterocycles. The van der Waals surface area contributed by atoms with E-state index in [0.717, 1.165) is 46.9 Å². The second-order valence-electron chi connectivity index (χ2n) is 7.88. The zero-order valence-electron chi connectivity index (χ0n) is 18.9. The maximum atomic E-state index is 13.4. The Balaban J connectivity index is 1.53. The average molecular weight is 437 g/mol. The van der Waals surface area contributed by atoms with Gasteiger partial charge < -0.3 is 23.6 Å². The number of likely N-dealkylation sites (tertiary alicyclic amines) is 1. The minimum Gasteiger partial charge on any atom is -0.497 e. The molecule has 1 atom stereocenters. The van der Waals surface area contributed by atoms with Crippen LogP contribution in [0.3, 0.4) is 0 Å². The van der Waals surface area contributed by atoms with Gasteiger partial charge in [-0.25, -0.2) is 0 Å². The molecule has 1 aliphatic heterocycles. The Morgan fingerprint density at radius 1 is 1.12 bits per heavy atom. The number of aryl methyl sites for hydroxylation is 2. The van der Waals surface area contributed by atoms with Gasteiger partial charge in [0, 0.05) is 23.7 Å². The number of aromatic nitrogens is 1. The van der Waals surface area contributed by atoms with Crippen molar-refractivity contribution >= 4 is 5.91 Å². The predicted molar refractivity (Wildman–Crippen MR) is 119 cm³/mol. The van der Waals surface area contributed by atoms with E-state index in [0.29, 0.717) is 24.5 Å². The highest BCUT2D eigenvalue weighted by molar-refractivity contribution is 5.95. The van der Waals surface area contributed by atoms with Crippen molar-refractivity contribution in [2.24, 2.45) is 0 Å². The molecule has 1 aliphatic rings. The van der Waals surface area contributed by atoms with E-state index in [2.05, 4.69) is 5.16 Å². The number of hydrogen-bond donors (Lipinski definition) is 0. The van der Waals surface area contributed by atoms with Crippen LogP contribution in [0.1, 0.15) is 51.8 Å². The van der Waals surface area contributed by atoms with Crippen LogP contribution in [-0.2, 0) is 6.61 Å². The molecule has 4 rings (SSSR count). The molecule has 2 heterocycles. The van der Waals surface area contributed by atoms with Crippen molar-refractivity contribution in [1.82, 2.24) is 10.1 Å². The summed E-state index contributed by atoms with van der Waals surface area (Å²) in [6.07, 6.45) is 1.82. The minimum absolute atomic E-state index is 0.0202. The summed E-state index contributed by atoms with van der Waals surface area (Å²) >= 11 is 0. The maximum Gasteiger partial charge on any atom is 0.254 e. The lowest BCUT2D eigenvalue weighted by atomic mass is 10.0. The smallest absolute Gasteiger partial charge is 0.254 e. The van der Waals surface area contributed by atoms with E-state index in [1.54, 1.807) is 20.3 Å². The third-order valence-electron chi connectivity index (χ3n) is 5.96. The SMILES string of the molecule is COc1ccc([C@@H]2CCCN2C(=O)c2cccc(OCc3c(C)noc3C)c2)c(OC)c1. The van der Waals surface area contributed by atoms with Crippen molar-refractivity contribution in [3.63, 3.8) is 0 Å². The molecule has 1 amide bonds. The van der Waals surface area contributed by atoms with Crippen molar-refractivity contribution < 1.29 is 23.5 Å². The van der Waals surface area contributed by atoms with Crippen LogP contribution in [0.5, 0.6) is 17.2 Å². The first-order valence-electron chi connectivity index (χ1n) is 10.7. The van der Waals surface area contributed by atoms with Crippen LogP contribution in [0.25, 0.3) is 0 Å². The van der Waals surface area contributed by atoms with E-state index in [1.165, 1.54) is 0 Å². The molecule has 0 aliphatic carbocycles. The fourth-order valence-corrected chi connectivity index (χ4v) is 4.18. The first-order chi connectivity index (χ1) is 15.5. The fourth-order valence-electron chi connectivity index (χ4n) is 4.18. The number of benzene rings is 2. The molecule has 0 N–H and O–H groups in total. The standard InChI is InChI=1S/C25H28N2O5/c1-16-22(17(2)32-26-16)15-31-20-8-5-7-18(13-20)25(28)27-12-6-9-23(27)21-11-10-19(29-3)14-24(21)30-4/h5,7-8,10-11,13-14,23H,6,9,12,15H2,1-4H3/t23-/m0/s1. The highest BCUT2D eigenvalue weighted by atomic mass is 16.5. The number of carbonyl (C=O) groups excluding carboxylic acids is 1. The number of rotatable bonds is 7. The Morgan fingerprint density at radius 3 is 2.69 bits per heavy atom. The third-order valence-corrected chi connectivity index (χ3v) is 5.96. The largest absolute Gasteiger partial charge is 0.497 e. The second kappa shape index (κ2) is 9.34. The molecule has 7 nitrogen and oxygen atoms in total. The minimum atomic E-state index is -0.0461. The van der Waals surface area contributed by atoms with Gasteiger partial charge in [0.2, 0.25) is 0 Å². The topological polar surface area (TPSA) is 74.0 Å². The van der Waals surface area contributed by atoms with E-state index in [1.807, 2.05) is 55.1 Å². The zero-order valence-corrected chi connectivity index (χ0v) is 18.9. The van der Waals surface area contributed by atoms with Gasteiger partial charge in [0.05, 0.1) is 31.5 Å². The number of ether oxygens (including phenoxy) is 3. The Kier molecular flexibility index (Phi) is 6.35. The van der Waals surface area contributed by atoms with Crippen molar-refractivity contribution in [3.8, 4) is 17.2 Å². The highest BCUT2D eigenvalue weighted by Crippen LogP contribution is 2.39. The number of carbonyl (C=O) groups is 1. The summed E-state index contributed by atoms with van der Waals surface area (Å²) in [7, 11) is 3.26. The van der Waals surface area contributed by atoms with E-state index >= 15 is 0 Å². The van der Waals surface area contributed by atoms with Gasteiger partial charge in [-0.1, -0.05) is 11.2 Å². The molecule has 0 bridgehead atoms. The number of amides is 1. The number of methoxy groups -OCH3 is 2. The number of nitrogens with zero attached hydrogens (tertiary/aromatic N) is 2. The lowest BCUT2D eigenvalue weighted by Crippen LogP contribution is -2.30. The summed E-state index contributed by atoms with van der Waals surface area (Å²) in [4.78, 5) is 15.3. The summed E-state index contributed by atoms with van der Waals surface area (Å²) < 4.78 is 22.0. The molecule has 3 aromatic rings. The van der Waals surface area contributed by atoms with Crippen LogP contribution in [0.4, 0.5) is 0 Å². The van der Waals surface area contributed by atoms with E-state index < -0.39 is 0 Å². The molecule has 0 saturated carbocycles. The van der Waals surface area contributed by atoms with Gasteiger partial charge >= 0.3 is 0 Å². The Labute approximate surface area is 187 Å². The van der Waals surface area contributed by atoms with Crippen LogP contribution in [0.15, 0.2) is 47.0 Å². The van der Waals surface area contributed by atoms with Crippen molar-refractivity contribution in [2.75, 3.05) is 20.8 Å². The van der Waals surface area contributed by atoms with Crippen LogP contribution in [0, 0.1) is 13.8 Å². The molecule has 7 heteroatoms. The molecule has 32 heavy (non-hydrogen) atoms. The Morgan fingerprint density at radius 2 is 1.97 bits per heavy atom. The van der Waals surface area contributed by atoms with Crippen LogP contribution in [-0.4, -0.2) is 36.7 Å². The van der Waals surface area contributed by atoms with Crippen LogP contribution in [0.2, 0.25) is 0 Å². The first kappa shape index (κ1) is 21.7. The lowest BCUT2D eigenvalue weighted by molar-refractivity contribution is 0.0733. The quantitative estimate of drug-likeness (QED) is 0.526. The van der Waals surface area contributed by atoms with Gasteiger partial charge in [-0.3, -0.25) is 4.79 Å². The van der Waals surface area contributed by atoms with E-state index in [9.17, 15) is 4.79 Å². The van der Waals surface area contributed by atoms with Gasteiger partial charge in [-0.15, -0.1) is 0 Å². The zero-order chi connectivity index (χ0) is 22.7. The monoisotopic (exact) mass is 436 g/mol. The average Bonchev–Trinajstić information content (AvgIpc) is 3.43. The Hall–Kier alpha value is -3.48. The highest BCUT2D eigenvalue weighted by Gasteiger charge is 2.32. The van der Waals surface area contributed by atoms with Gasteiger partial charge in [0.1, 0.15) is 29.6 Å². The van der Waals surface area contributed by atoms with Gasteiger partial charge in [-0.05, 0) is 57.0 Å². The summed E-state index contributed by atoms with van der Waals surface area (Å²) in [5.41, 5.74) is 3.32. The Bertz CT molecular complexity index is 1090. The molecule has 1 fully saturated rings. The van der Waals surface area contributed by atoms with Crippen molar-refractivity contribution in [3.05, 3.63) is 70.6 Å². The van der Waals surface area contributed by atoms with Gasteiger partial charge in [-0.2, -0.15) is 0 Å². The summed E-state index contributed by atoms with van der Waals surface area (Å²) in [6, 6.07) is 13.0. The maximum absolute atomic E-state index is 13.4. The molecule has 0 radical (unpaired) electrons. The molecule has 0 spiro atoms. The van der Waals surface area contributed by atoms with Crippen molar-refractivity contribution in [1.29, 1.82) is 0 Å². The molecular formula is C25H28N2O5. The summed E-state index contributed by atoms with van der Waals surface area (Å²) in [5.74, 6) is 2.81. The van der Waals surface area contributed by atoms with E-state index in [4.69, 9.17) is 18.7 Å². The summed E-state index contributed by atoms with van der Waals surface area (Å²) in [6.45, 7) is 4.78. The first-order valence-corrected chi connectivity index (χ1v) is 10.7.